The Morgan fingerprint density at radius 1 is 0.692 bits per heavy atom. The van der Waals surface area contributed by atoms with Crippen molar-refractivity contribution in [2.75, 3.05) is 0 Å². The van der Waals surface area contributed by atoms with Crippen molar-refractivity contribution < 1.29 is 4.57 Å². The van der Waals surface area contributed by atoms with E-state index in [1.54, 1.807) is 0 Å². The van der Waals surface area contributed by atoms with Gasteiger partial charge >= 0.3 is 0 Å². The Morgan fingerprint density at radius 3 is 1.81 bits per heavy atom. The molecule has 0 spiro atoms. The van der Waals surface area contributed by atoms with Crippen LogP contribution >= 0.6 is 0 Å². The molecule has 0 unspecified atom stereocenters. The number of hydrogen-bond donors (Lipinski definition) is 0. The van der Waals surface area contributed by atoms with Gasteiger partial charge in [0.05, 0.1) is 0 Å². The molecule has 3 aromatic rings. The van der Waals surface area contributed by atoms with Gasteiger partial charge in [-0.15, -0.1) is 0 Å². The van der Waals surface area contributed by atoms with Crippen LogP contribution in [0.5, 0.6) is 0 Å². The first-order valence-electron chi connectivity index (χ1n) is 9.45. The fraction of sp³-hybridized carbons (Fsp3) is 0.320. The molecule has 2 aromatic carbocycles. The second-order valence-corrected chi connectivity index (χ2v) is 8.71. The van der Waals surface area contributed by atoms with Crippen molar-refractivity contribution in [1.82, 2.24) is 0 Å². The lowest BCUT2D eigenvalue weighted by Crippen LogP contribution is -2.37. The molecule has 0 amide bonds. The predicted molar refractivity (Wildman–Crippen MR) is 108 cm³/mol. The summed E-state index contributed by atoms with van der Waals surface area (Å²) in [6.07, 6.45) is 2.12. The Morgan fingerprint density at radius 2 is 1.23 bits per heavy atom. The van der Waals surface area contributed by atoms with E-state index in [0.717, 1.165) is 0 Å². The standard InChI is InChI=1S/C25H28N/c1-17-15-21-22(16-18(17)23-13-9-10-14-26(23)6)25(4,5)20-12-8-7-11-19(20)24(21,2)3/h7-16H,1-6H3/q+1. The second kappa shape index (κ2) is 5.54. The van der Waals surface area contributed by atoms with E-state index in [1.165, 1.54) is 39.1 Å². The third-order valence-corrected chi connectivity index (χ3v) is 6.32. The lowest BCUT2D eigenvalue weighted by Gasteiger charge is -2.44. The van der Waals surface area contributed by atoms with Crippen molar-refractivity contribution in [3.63, 3.8) is 0 Å². The molecule has 1 aliphatic carbocycles. The number of aryl methyl sites for hydroxylation is 2. The van der Waals surface area contributed by atoms with Crippen molar-refractivity contribution in [3.05, 3.63) is 88.6 Å². The summed E-state index contributed by atoms with van der Waals surface area (Å²) in [5.41, 5.74) is 9.76. The van der Waals surface area contributed by atoms with E-state index < -0.39 is 0 Å². The molecule has 0 fully saturated rings. The molecular formula is C25H28N+. The third-order valence-electron chi connectivity index (χ3n) is 6.32. The maximum atomic E-state index is 2.44. The van der Waals surface area contributed by atoms with E-state index in [9.17, 15) is 0 Å². The van der Waals surface area contributed by atoms with Gasteiger partial charge in [-0.25, -0.2) is 4.57 Å². The predicted octanol–water partition coefficient (Wildman–Crippen LogP) is 5.45. The maximum Gasteiger partial charge on any atom is 0.212 e. The van der Waals surface area contributed by atoms with E-state index in [-0.39, 0.29) is 10.8 Å². The molecule has 1 nitrogen and oxygen atoms in total. The van der Waals surface area contributed by atoms with Crippen molar-refractivity contribution in [1.29, 1.82) is 0 Å². The Kier molecular flexibility index (Phi) is 3.63. The average molecular weight is 343 g/mol. The molecular weight excluding hydrogens is 314 g/mol. The van der Waals surface area contributed by atoms with E-state index >= 15 is 0 Å². The van der Waals surface area contributed by atoms with Gasteiger partial charge in [0, 0.05) is 28.5 Å². The summed E-state index contributed by atoms with van der Waals surface area (Å²) >= 11 is 0. The van der Waals surface area contributed by atoms with Crippen LogP contribution < -0.4 is 4.57 Å². The summed E-state index contributed by atoms with van der Waals surface area (Å²) in [6, 6.07) is 20.2. The van der Waals surface area contributed by atoms with Crippen LogP contribution in [0.3, 0.4) is 0 Å². The van der Waals surface area contributed by atoms with Crippen LogP contribution in [-0.4, -0.2) is 0 Å². The van der Waals surface area contributed by atoms with Crippen LogP contribution in [0.2, 0.25) is 0 Å². The molecule has 0 saturated carbocycles. The first kappa shape index (κ1) is 17.0. The zero-order valence-electron chi connectivity index (χ0n) is 16.7. The minimum atomic E-state index is -0.00273. The highest BCUT2D eigenvalue weighted by Crippen LogP contribution is 2.50. The van der Waals surface area contributed by atoms with Crippen LogP contribution in [0.1, 0.15) is 55.5 Å². The van der Waals surface area contributed by atoms with Crippen LogP contribution in [-0.2, 0) is 17.9 Å². The van der Waals surface area contributed by atoms with Gasteiger partial charge in [-0.3, -0.25) is 0 Å². The second-order valence-electron chi connectivity index (χ2n) is 8.71. The molecule has 4 rings (SSSR count). The van der Waals surface area contributed by atoms with Gasteiger partial charge in [-0.2, -0.15) is 0 Å². The first-order chi connectivity index (χ1) is 12.2. The van der Waals surface area contributed by atoms with E-state index in [0.29, 0.717) is 0 Å². The van der Waals surface area contributed by atoms with E-state index in [1.807, 2.05) is 0 Å². The molecule has 1 heteroatoms. The highest BCUT2D eigenvalue weighted by Gasteiger charge is 2.42. The number of hydrogen-bond acceptors (Lipinski definition) is 0. The van der Waals surface area contributed by atoms with Gasteiger partial charge in [0.15, 0.2) is 6.20 Å². The minimum Gasteiger partial charge on any atom is -0.201 e. The smallest absolute Gasteiger partial charge is 0.201 e. The summed E-state index contributed by atoms with van der Waals surface area (Å²) < 4.78 is 2.21. The normalized spacial score (nSPS) is 16.7. The Bertz CT molecular complexity index is 1010. The van der Waals surface area contributed by atoms with Gasteiger partial charge in [-0.1, -0.05) is 58.0 Å². The summed E-state index contributed by atoms with van der Waals surface area (Å²) in [7, 11) is 2.12. The number of nitrogens with zero attached hydrogens (tertiary/aromatic N) is 1. The van der Waals surface area contributed by atoms with Gasteiger partial charge in [0.2, 0.25) is 5.69 Å². The first-order valence-corrected chi connectivity index (χ1v) is 9.45. The molecule has 26 heavy (non-hydrogen) atoms. The summed E-state index contributed by atoms with van der Waals surface area (Å²) in [6.45, 7) is 11.7. The lowest BCUT2D eigenvalue weighted by atomic mass is 9.59. The van der Waals surface area contributed by atoms with Crippen molar-refractivity contribution in [2.24, 2.45) is 7.05 Å². The van der Waals surface area contributed by atoms with Crippen molar-refractivity contribution in [3.8, 4) is 11.3 Å². The van der Waals surface area contributed by atoms with Crippen molar-refractivity contribution in [2.45, 2.75) is 45.4 Å². The number of rotatable bonds is 1. The zero-order valence-corrected chi connectivity index (χ0v) is 16.7. The molecule has 132 valence electrons. The maximum absolute atomic E-state index is 2.44. The molecule has 0 N–H and O–H groups in total. The van der Waals surface area contributed by atoms with E-state index in [4.69, 9.17) is 0 Å². The monoisotopic (exact) mass is 342 g/mol. The number of fused-ring (bicyclic) bond motifs is 2. The number of benzene rings is 2. The van der Waals surface area contributed by atoms with E-state index in [2.05, 4.69) is 107 Å². The molecule has 0 bridgehead atoms. The van der Waals surface area contributed by atoms with Crippen LogP contribution in [0.15, 0.2) is 60.8 Å². The lowest BCUT2D eigenvalue weighted by molar-refractivity contribution is -0.660. The summed E-state index contributed by atoms with van der Waals surface area (Å²) in [4.78, 5) is 0. The molecule has 0 aliphatic heterocycles. The largest absolute Gasteiger partial charge is 0.212 e. The zero-order chi connectivity index (χ0) is 18.7. The van der Waals surface area contributed by atoms with Crippen LogP contribution in [0, 0.1) is 6.92 Å². The molecule has 0 atom stereocenters. The number of pyridine rings is 1. The molecule has 1 aromatic heterocycles. The average Bonchev–Trinajstić information content (AvgIpc) is 2.61. The van der Waals surface area contributed by atoms with Gasteiger partial charge < -0.3 is 0 Å². The quantitative estimate of drug-likeness (QED) is 0.518. The Balaban J connectivity index is 2.04. The highest BCUT2D eigenvalue weighted by atomic mass is 14.9. The molecule has 0 saturated heterocycles. The fourth-order valence-corrected chi connectivity index (χ4v) is 4.68. The Hall–Kier alpha value is -2.41. The van der Waals surface area contributed by atoms with Crippen molar-refractivity contribution >= 4 is 0 Å². The van der Waals surface area contributed by atoms with Crippen LogP contribution in [0.25, 0.3) is 11.3 Å². The molecule has 1 aliphatic rings. The van der Waals surface area contributed by atoms with Gasteiger partial charge in [-0.05, 0) is 46.9 Å². The third kappa shape index (κ3) is 2.26. The Labute approximate surface area is 157 Å². The highest BCUT2D eigenvalue weighted by molar-refractivity contribution is 5.68. The van der Waals surface area contributed by atoms with Gasteiger partial charge in [0.1, 0.15) is 7.05 Å². The van der Waals surface area contributed by atoms with Crippen LogP contribution in [0.4, 0.5) is 0 Å². The topological polar surface area (TPSA) is 3.88 Å². The SMILES string of the molecule is Cc1cc2c(cc1-c1cccc[n+]1C)C(C)(C)c1ccccc1C2(C)C. The number of aromatic nitrogens is 1. The molecule has 1 heterocycles. The fourth-order valence-electron chi connectivity index (χ4n) is 4.68. The molecule has 0 radical (unpaired) electrons. The summed E-state index contributed by atoms with van der Waals surface area (Å²) in [5.74, 6) is 0. The van der Waals surface area contributed by atoms with Gasteiger partial charge in [0.25, 0.3) is 0 Å². The minimum absolute atomic E-state index is 0.00273. The summed E-state index contributed by atoms with van der Waals surface area (Å²) in [5, 5.41) is 0.